The average Bonchev–Trinajstić information content (AvgIpc) is 3.45. The summed E-state index contributed by atoms with van der Waals surface area (Å²) >= 11 is 0. The Labute approximate surface area is 464 Å². The van der Waals surface area contributed by atoms with E-state index >= 15 is 0 Å². The molecule has 0 spiro atoms. The van der Waals surface area contributed by atoms with Crippen LogP contribution in [0.4, 0.5) is 0 Å². The second-order valence-electron chi connectivity index (χ2n) is 27.1. The lowest BCUT2D eigenvalue weighted by molar-refractivity contribution is 0.151. The second kappa shape index (κ2) is 38.1. The van der Waals surface area contributed by atoms with Gasteiger partial charge in [-0.2, -0.15) is 0 Å². The third-order valence-electron chi connectivity index (χ3n) is 21.9. The number of allylic oxidation sites excluding steroid dienone is 4. The zero-order valence-corrected chi connectivity index (χ0v) is 50.8. The van der Waals surface area contributed by atoms with Gasteiger partial charge in [0.05, 0.1) is 0 Å². The van der Waals surface area contributed by atoms with Crippen molar-refractivity contribution in [3.63, 3.8) is 0 Å². The van der Waals surface area contributed by atoms with Crippen molar-refractivity contribution < 1.29 is 0 Å². The molecular weight excluding hydrogens is 889 g/mol. The minimum Gasteiger partial charge on any atom is -0.103 e. The Morgan fingerprint density at radius 1 is 0.351 bits per heavy atom. The predicted molar refractivity (Wildman–Crippen MR) is 331 cm³/mol. The molecule has 7 aliphatic rings. The number of unbranched alkanes of at least 4 members (excludes halogenated alkanes) is 4. The smallest absolute Gasteiger partial charge is 0.0162 e. The molecule has 7 fully saturated rings. The van der Waals surface area contributed by atoms with E-state index in [1.807, 2.05) is 0 Å². The standard InChI is InChI=1S/C20H32.C19H34.C18H32.C17H30/c1-3-5-6-8-18-11-15-20(16-12-18)19-13-9-17(7-4-2)10-14-19;1-3-5-6-7-17-10-14-19(15-11-17)18-12-8-16(4-2)9-13-18;1-3-5-15-7-11-17(12-8-15)18-13-9-16(6-4-2)10-14-18;1-3-5-15-8-12-17(13-9-15)16-10-6-14(4-2)7-11-16/h9-10,13-14,18,20H,3-8,11-12,15-16H2,1-2H3;4,16-19H,2-3,5-15H2,1H3;3,5,15-18H,4,6-14H2,1-2H3;4,14-17H,2-3,5-13H2,1H3/b;;5-3+;. The first-order valence-corrected chi connectivity index (χ1v) is 34.3. The molecule has 0 bridgehead atoms. The van der Waals surface area contributed by atoms with E-state index in [9.17, 15) is 0 Å². The molecule has 0 nitrogen and oxygen atoms in total. The molecule has 424 valence electrons. The molecule has 0 heterocycles. The van der Waals surface area contributed by atoms with E-state index in [4.69, 9.17) is 0 Å². The number of hydrogen-bond acceptors (Lipinski definition) is 0. The molecule has 0 saturated heterocycles. The van der Waals surface area contributed by atoms with Crippen LogP contribution in [0, 0.1) is 76.9 Å². The van der Waals surface area contributed by atoms with Gasteiger partial charge in [0.25, 0.3) is 0 Å². The summed E-state index contributed by atoms with van der Waals surface area (Å²) in [6.07, 6.45) is 70.6. The van der Waals surface area contributed by atoms with Gasteiger partial charge in [-0.25, -0.2) is 0 Å². The van der Waals surface area contributed by atoms with E-state index in [1.165, 1.54) is 250 Å². The first kappa shape index (κ1) is 63.3. The number of rotatable bonds is 21. The Morgan fingerprint density at radius 2 is 0.676 bits per heavy atom. The summed E-state index contributed by atoms with van der Waals surface area (Å²) in [5, 5.41) is 0. The lowest BCUT2D eigenvalue weighted by atomic mass is 9.68. The van der Waals surface area contributed by atoms with Gasteiger partial charge in [-0.1, -0.05) is 205 Å². The van der Waals surface area contributed by atoms with Crippen molar-refractivity contribution in [2.24, 2.45) is 76.9 Å². The van der Waals surface area contributed by atoms with Gasteiger partial charge < -0.3 is 0 Å². The van der Waals surface area contributed by atoms with Gasteiger partial charge in [0, 0.05) is 0 Å². The molecule has 7 aliphatic carbocycles. The SMILES string of the molecule is C/C=C/C1CCC(C2CCC(CCC)CC2)CC1.C=CC1CCC(C2CCC(CCC)CC2)CC1.C=CC1CCC(C2CCC(CCCCC)CC2)CC1.CCCCCC1CCC(c2ccc(CCC)cc2)CC1. The summed E-state index contributed by atoms with van der Waals surface area (Å²) in [5.41, 5.74) is 3.10. The third kappa shape index (κ3) is 23.4. The van der Waals surface area contributed by atoms with E-state index in [-0.39, 0.29) is 0 Å². The normalized spacial score (nSPS) is 33.6. The van der Waals surface area contributed by atoms with Crippen molar-refractivity contribution in [2.75, 3.05) is 0 Å². The van der Waals surface area contributed by atoms with E-state index < -0.39 is 0 Å². The Morgan fingerprint density at radius 3 is 0.986 bits per heavy atom. The summed E-state index contributed by atoms with van der Waals surface area (Å²) in [6.45, 7) is 21.6. The van der Waals surface area contributed by atoms with Crippen LogP contribution in [0.15, 0.2) is 61.7 Å². The fourth-order valence-corrected chi connectivity index (χ4v) is 16.8. The maximum Gasteiger partial charge on any atom is -0.0162 e. The van der Waals surface area contributed by atoms with E-state index in [1.54, 1.807) is 31.2 Å². The molecule has 1 aromatic carbocycles. The molecule has 0 heteroatoms. The monoisotopic (exact) mass is 1020 g/mol. The average molecular weight is 1020 g/mol. The van der Waals surface area contributed by atoms with Crippen LogP contribution in [0.1, 0.15) is 322 Å². The quantitative estimate of drug-likeness (QED) is 0.0850. The topological polar surface area (TPSA) is 0 Å². The highest BCUT2D eigenvalue weighted by Crippen LogP contribution is 2.45. The van der Waals surface area contributed by atoms with Crippen molar-refractivity contribution in [1.82, 2.24) is 0 Å². The largest absolute Gasteiger partial charge is 0.103 e. The molecule has 1 aromatic rings. The third-order valence-corrected chi connectivity index (χ3v) is 21.9. The zero-order valence-electron chi connectivity index (χ0n) is 50.8. The Hall–Kier alpha value is -1.56. The van der Waals surface area contributed by atoms with Gasteiger partial charge in [-0.05, 0) is 249 Å². The lowest BCUT2D eigenvalue weighted by Crippen LogP contribution is -2.25. The van der Waals surface area contributed by atoms with Crippen LogP contribution >= 0.6 is 0 Å². The summed E-state index contributed by atoms with van der Waals surface area (Å²) in [5.74, 6) is 14.1. The van der Waals surface area contributed by atoms with Crippen molar-refractivity contribution in [3.8, 4) is 0 Å². The van der Waals surface area contributed by atoms with Crippen molar-refractivity contribution in [1.29, 1.82) is 0 Å². The highest BCUT2D eigenvalue weighted by molar-refractivity contribution is 5.26. The zero-order chi connectivity index (χ0) is 52.6. The van der Waals surface area contributed by atoms with Crippen molar-refractivity contribution >= 4 is 0 Å². The molecular formula is C74H128. The van der Waals surface area contributed by atoms with Crippen LogP contribution in [0.25, 0.3) is 0 Å². The highest BCUT2D eigenvalue weighted by Gasteiger charge is 2.33. The van der Waals surface area contributed by atoms with Crippen LogP contribution in [0.2, 0.25) is 0 Å². The minimum atomic E-state index is 0.835. The van der Waals surface area contributed by atoms with Gasteiger partial charge in [0.1, 0.15) is 0 Å². The van der Waals surface area contributed by atoms with Crippen LogP contribution in [-0.2, 0) is 6.42 Å². The van der Waals surface area contributed by atoms with Gasteiger partial charge in [0.15, 0.2) is 0 Å². The molecule has 0 N–H and O–H groups in total. The van der Waals surface area contributed by atoms with Crippen molar-refractivity contribution in [3.05, 3.63) is 72.9 Å². The maximum atomic E-state index is 3.97. The Balaban J connectivity index is 0.000000183. The highest BCUT2D eigenvalue weighted by atomic mass is 14.4. The van der Waals surface area contributed by atoms with Gasteiger partial charge in [0.2, 0.25) is 0 Å². The molecule has 8 rings (SSSR count). The van der Waals surface area contributed by atoms with Gasteiger partial charge in [-0.15, -0.1) is 13.2 Å². The summed E-state index contributed by atoms with van der Waals surface area (Å²) in [6, 6.07) is 9.50. The summed E-state index contributed by atoms with van der Waals surface area (Å²) in [7, 11) is 0. The number of aryl methyl sites for hydroxylation is 1. The molecule has 0 unspecified atom stereocenters. The van der Waals surface area contributed by atoms with Crippen LogP contribution in [0.3, 0.4) is 0 Å². The first-order chi connectivity index (χ1) is 36.3. The molecule has 0 radical (unpaired) electrons. The Bertz CT molecular complexity index is 1510. The van der Waals surface area contributed by atoms with Crippen LogP contribution in [-0.4, -0.2) is 0 Å². The summed E-state index contributed by atoms with van der Waals surface area (Å²) < 4.78 is 0. The molecule has 0 atom stereocenters. The fourth-order valence-electron chi connectivity index (χ4n) is 16.8. The fraction of sp³-hybridized carbons (Fsp3) is 0.838. The molecule has 0 aliphatic heterocycles. The van der Waals surface area contributed by atoms with E-state index in [2.05, 4.69) is 103 Å². The molecule has 0 aromatic heterocycles. The second-order valence-corrected chi connectivity index (χ2v) is 27.1. The number of hydrogen-bond donors (Lipinski definition) is 0. The van der Waals surface area contributed by atoms with E-state index in [0.29, 0.717) is 0 Å². The lowest BCUT2D eigenvalue weighted by Gasteiger charge is -2.37. The van der Waals surface area contributed by atoms with Crippen molar-refractivity contribution in [2.45, 2.75) is 317 Å². The number of benzene rings is 1. The maximum absolute atomic E-state index is 3.97. The molecule has 7 saturated carbocycles. The van der Waals surface area contributed by atoms with Gasteiger partial charge >= 0.3 is 0 Å². The van der Waals surface area contributed by atoms with E-state index in [0.717, 1.165) is 82.9 Å². The molecule has 0 amide bonds. The van der Waals surface area contributed by atoms with Crippen LogP contribution in [0.5, 0.6) is 0 Å². The predicted octanol–water partition coefficient (Wildman–Crippen LogP) is 24.4. The molecule has 74 heavy (non-hydrogen) atoms. The summed E-state index contributed by atoms with van der Waals surface area (Å²) in [4.78, 5) is 0. The minimum absolute atomic E-state index is 0.835. The van der Waals surface area contributed by atoms with Gasteiger partial charge in [-0.3, -0.25) is 0 Å². The Kier molecular flexibility index (Phi) is 32.6. The van der Waals surface area contributed by atoms with Crippen LogP contribution < -0.4 is 0 Å². The first-order valence-electron chi connectivity index (χ1n) is 34.3.